The minimum atomic E-state index is -0.719. The monoisotopic (exact) mass is 553 g/mol. The molecule has 2 aliphatic rings. The number of nitrogens with one attached hydrogen (secondary N) is 3. The van der Waals surface area contributed by atoms with Crippen molar-refractivity contribution in [3.63, 3.8) is 0 Å². The Labute approximate surface area is 236 Å². The van der Waals surface area contributed by atoms with Gasteiger partial charge in [0.25, 0.3) is 0 Å². The highest BCUT2D eigenvalue weighted by molar-refractivity contribution is 5.86. The van der Waals surface area contributed by atoms with Gasteiger partial charge >= 0.3 is 6.09 Å². The molecule has 4 atom stereocenters. The van der Waals surface area contributed by atoms with E-state index in [2.05, 4.69) is 35.7 Å². The first-order valence-corrected chi connectivity index (χ1v) is 14.2. The maximum atomic E-state index is 13.5. The van der Waals surface area contributed by atoms with Gasteiger partial charge in [-0.2, -0.15) is 0 Å². The SMILES string of the molecule is C=C1C[C@@H](c2nc(Cc3c[nH]c([C@@H]4CCCN4C(=O)[C@@H](C)C(C)C)n3)c[nH]2)N(C(=O)[C@@H](NC(=O)OC)C(C)C)C1. The number of alkyl carbamates (subject to hydrolysis) is 1. The number of imidazole rings is 2. The zero-order chi connectivity index (χ0) is 29.1. The van der Waals surface area contributed by atoms with Crippen LogP contribution in [0.4, 0.5) is 4.79 Å². The predicted molar refractivity (Wildman–Crippen MR) is 150 cm³/mol. The molecule has 11 nitrogen and oxygen atoms in total. The van der Waals surface area contributed by atoms with Crippen LogP contribution in [0.5, 0.6) is 0 Å². The summed E-state index contributed by atoms with van der Waals surface area (Å²) < 4.78 is 4.72. The van der Waals surface area contributed by atoms with Gasteiger partial charge in [-0.05, 0) is 31.1 Å². The third-order valence-corrected chi connectivity index (χ3v) is 8.15. The molecule has 2 aromatic rings. The third-order valence-electron chi connectivity index (χ3n) is 8.15. The molecule has 2 aromatic heterocycles. The number of nitrogens with zero attached hydrogens (tertiary/aromatic N) is 4. The van der Waals surface area contributed by atoms with Crippen molar-refractivity contribution < 1.29 is 19.1 Å². The van der Waals surface area contributed by atoms with Gasteiger partial charge < -0.3 is 29.8 Å². The molecule has 2 saturated heterocycles. The van der Waals surface area contributed by atoms with Gasteiger partial charge in [-0.3, -0.25) is 9.59 Å². The van der Waals surface area contributed by atoms with Gasteiger partial charge in [0.1, 0.15) is 17.7 Å². The Bertz CT molecular complexity index is 1230. The van der Waals surface area contributed by atoms with Crippen LogP contribution in [0.25, 0.3) is 0 Å². The molecule has 0 bridgehead atoms. The minimum Gasteiger partial charge on any atom is -0.453 e. The fourth-order valence-electron chi connectivity index (χ4n) is 5.48. The number of amides is 3. The number of ether oxygens (including phenoxy) is 1. The number of rotatable bonds is 9. The second kappa shape index (κ2) is 12.3. The lowest BCUT2D eigenvalue weighted by molar-refractivity contribution is -0.137. The first-order valence-electron chi connectivity index (χ1n) is 14.2. The quantitative estimate of drug-likeness (QED) is 0.403. The summed E-state index contributed by atoms with van der Waals surface area (Å²) in [5, 5.41) is 2.67. The molecule has 4 rings (SSSR count). The lowest BCUT2D eigenvalue weighted by Gasteiger charge is -2.29. The Balaban J connectivity index is 1.45. The van der Waals surface area contributed by atoms with E-state index in [0.717, 1.165) is 42.2 Å². The highest BCUT2D eigenvalue weighted by atomic mass is 16.5. The minimum absolute atomic E-state index is 0.0253. The fourth-order valence-corrected chi connectivity index (χ4v) is 5.48. The topological polar surface area (TPSA) is 136 Å². The molecule has 40 heavy (non-hydrogen) atoms. The van der Waals surface area contributed by atoms with Crippen LogP contribution in [0.3, 0.4) is 0 Å². The highest BCUT2D eigenvalue weighted by Crippen LogP contribution is 2.35. The molecule has 0 aromatic carbocycles. The molecule has 3 N–H and O–H groups in total. The van der Waals surface area contributed by atoms with E-state index in [0.29, 0.717) is 31.1 Å². The van der Waals surface area contributed by atoms with Crippen molar-refractivity contribution in [2.24, 2.45) is 17.8 Å². The van der Waals surface area contributed by atoms with Gasteiger partial charge in [0.2, 0.25) is 11.8 Å². The number of methoxy groups -OCH3 is 1. The molecule has 4 heterocycles. The Morgan fingerprint density at radius 2 is 1.62 bits per heavy atom. The van der Waals surface area contributed by atoms with Crippen LogP contribution in [0.1, 0.15) is 89.0 Å². The normalized spacial score (nSPS) is 20.9. The molecule has 218 valence electrons. The van der Waals surface area contributed by atoms with Gasteiger partial charge in [-0.1, -0.05) is 46.8 Å². The summed E-state index contributed by atoms with van der Waals surface area (Å²) in [5.74, 6) is 1.62. The fraction of sp³-hybridized carbons (Fsp3) is 0.621. The summed E-state index contributed by atoms with van der Waals surface area (Å²) in [6.07, 6.45) is 6.05. The van der Waals surface area contributed by atoms with Crippen molar-refractivity contribution in [1.82, 2.24) is 35.1 Å². The van der Waals surface area contributed by atoms with E-state index in [1.54, 1.807) is 4.90 Å². The smallest absolute Gasteiger partial charge is 0.407 e. The summed E-state index contributed by atoms with van der Waals surface area (Å²) in [6.45, 7) is 15.2. The average Bonchev–Trinajstić information content (AvgIpc) is 3.72. The van der Waals surface area contributed by atoms with Crippen molar-refractivity contribution >= 4 is 17.9 Å². The number of hydrogen-bond acceptors (Lipinski definition) is 6. The maximum absolute atomic E-state index is 13.5. The van der Waals surface area contributed by atoms with Gasteiger partial charge in [0.05, 0.1) is 30.6 Å². The third kappa shape index (κ3) is 6.23. The Hall–Kier alpha value is -3.63. The second-order valence-corrected chi connectivity index (χ2v) is 11.7. The van der Waals surface area contributed by atoms with Crippen LogP contribution in [0.15, 0.2) is 24.5 Å². The van der Waals surface area contributed by atoms with Crippen LogP contribution in [-0.4, -0.2) is 73.9 Å². The Kier molecular flexibility index (Phi) is 9.00. The molecule has 0 unspecified atom stereocenters. The summed E-state index contributed by atoms with van der Waals surface area (Å²) in [7, 11) is 1.28. The number of aromatic amines is 2. The van der Waals surface area contributed by atoms with Crippen molar-refractivity contribution in [3.05, 3.63) is 47.6 Å². The van der Waals surface area contributed by atoms with Crippen LogP contribution in [-0.2, 0) is 20.7 Å². The maximum Gasteiger partial charge on any atom is 0.407 e. The number of carbonyl (C=O) groups excluding carboxylic acids is 3. The molecule has 3 amide bonds. The van der Waals surface area contributed by atoms with Crippen LogP contribution in [0.2, 0.25) is 0 Å². The average molecular weight is 554 g/mol. The largest absolute Gasteiger partial charge is 0.453 e. The molecule has 0 spiro atoms. The molecular formula is C29H43N7O4. The summed E-state index contributed by atoms with van der Waals surface area (Å²) in [6, 6.07) is -1.05. The van der Waals surface area contributed by atoms with E-state index < -0.39 is 12.1 Å². The number of hydrogen-bond donors (Lipinski definition) is 3. The lowest BCUT2D eigenvalue weighted by Crippen LogP contribution is -2.51. The number of aromatic nitrogens is 4. The zero-order valence-corrected chi connectivity index (χ0v) is 24.5. The van der Waals surface area contributed by atoms with Crippen LogP contribution >= 0.6 is 0 Å². The lowest BCUT2D eigenvalue weighted by atomic mass is 9.96. The molecule has 0 radical (unpaired) electrons. The molecule has 11 heteroatoms. The summed E-state index contributed by atoms with van der Waals surface area (Å²) in [4.78, 5) is 58.3. The summed E-state index contributed by atoms with van der Waals surface area (Å²) in [5.41, 5.74) is 2.57. The molecule has 0 aliphatic carbocycles. The van der Waals surface area contributed by atoms with E-state index in [1.165, 1.54) is 7.11 Å². The standard InChI is InChI=1S/C29H43N7O4/c1-16(2)19(6)27(37)35-10-8-9-22(35)25-30-13-20(32-25)12-21-14-31-26(33-21)23-11-18(5)15-36(23)28(38)24(17(3)4)34-29(39)40-7/h13-14,16-17,19,22-24H,5,8-12,15H2,1-4,6-7H3,(H,30,32)(H,31,33)(H,34,39)/t19-,22-,23-,24-/m0/s1. The van der Waals surface area contributed by atoms with Gasteiger partial charge in [0, 0.05) is 37.8 Å². The van der Waals surface area contributed by atoms with Crippen molar-refractivity contribution in [2.45, 2.75) is 78.4 Å². The van der Waals surface area contributed by atoms with E-state index >= 15 is 0 Å². The zero-order valence-electron chi connectivity index (χ0n) is 24.5. The van der Waals surface area contributed by atoms with E-state index in [4.69, 9.17) is 14.7 Å². The van der Waals surface area contributed by atoms with Gasteiger partial charge in [0.15, 0.2) is 0 Å². The second-order valence-electron chi connectivity index (χ2n) is 11.7. The van der Waals surface area contributed by atoms with Crippen LogP contribution in [0, 0.1) is 17.8 Å². The summed E-state index contributed by atoms with van der Waals surface area (Å²) >= 11 is 0. The Morgan fingerprint density at radius 1 is 1.00 bits per heavy atom. The van der Waals surface area contributed by atoms with Crippen LogP contribution < -0.4 is 5.32 Å². The molecule has 2 aliphatic heterocycles. The van der Waals surface area contributed by atoms with Crippen molar-refractivity contribution in [2.75, 3.05) is 20.2 Å². The predicted octanol–water partition coefficient (Wildman–Crippen LogP) is 3.89. The number of likely N-dealkylation sites (tertiary alicyclic amines) is 2. The molecule has 0 saturated carbocycles. The molecule has 2 fully saturated rings. The number of carbonyl (C=O) groups is 3. The number of H-pyrrole nitrogens is 2. The van der Waals surface area contributed by atoms with Gasteiger partial charge in [-0.15, -0.1) is 0 Å². The first-order chi connectivity index (χ1) is 19.0. The van der Waals surface area contributed by atoms with E-state index in [1.807, 2.05) is 38.1 Å². The molecular weight excluding hydrogens is 510 g/mol. The van der Waals surface area contributed by atoms with Crippen molar-refractivity contribution in [1.29, 1.82) is 0 Å². The Morgan fingerprint density at radius 3 is 2.20 bits per heavy atom. The van der Waals surface area contributed by atoms with E-state index in [9.17, 15) is 14.4 Å². The van der Waals surface area contributed by atoms with Gasteiger partial charge in [-0.25, -0.2) is 14.8 Å². The highest BCUT2D eigenvalue weighted by Gasteiger charge is 2.39. The van der Waals surface area contributed by atoms with Crippen molar-refractivity contribution in [3.8, 4) is 0 Å². The first kappa shape index (κ1) is 29.4. The van der Waals surface area contributed by atoms with E-state index in [-0.39, 0.29) is 35.7 Å².